The van der Waals surface area contributed by atoms with E-state index in [9.17, 15) is 0 Å². The lowest BCUT2D eigenvalue weighted by atomic mass is 10.0. The molecule has 0 aliphatic heterocycles. The third-order valence-corrected chi connectivity index (χ3v) is 3.91. The summed E-state index contributed by atoms with van der Waals surface area (Å²) in [5, 5.41) is 1.15. The Morgan fingerprint density at radius 2 is 1.67 bits per heavy atom. The highest BCUT2D eigenvalue weighted by atomic mass is 14.7. The SMILES string of the molecule is C=C(N)c1c(-c2ccc(C)cc2)[nH]c2c(C)cc(C)cc12. The molecule has 1 heterocycles. The summed E-state index contributed by atoms with van der Waals surface area (Å²) in [6.45, 7) is 10.3. The molecule has 0 spiro atoms. The van der Waals surface area contributed by atoms with Crippen molar-refractivity contribution in [1.82, 2.24) is 4.98 Å². The summed E-state index contributed by atoms with van der Waals surface area (Å²) in [4.78, 5) is 3.54. The molecule has 106 valence electrons. The molecule has 0 bridgehead atoms. The maximum Gasteiger partial charge on any atom is 0.0559 e. The van der Waals surface area contributed by atoms with Crippen molar-refractivity contribution >= 4 is 16.6 Å². The highest BCUT2D eigenvalue weighted by molar-refractivity contribution is 6.00. The fourth-order valence-corrected chi connectivity index (χ4v) is 2.92. The Morgan fingerprint density at radius 1 is 1.00 bits per heavy atom. The molecule has 0 aliphatic rings. The third-order valence-electron chi connectivity index (χ3n) is 3.91. The molecule has 0 amide bonds. The number of aromatic amines is 1. The van der Waals surface area contributed by atoms with E-state index in [0.29, 0.717) is 5.70 Å². The molecule has 0 fully saturated rings. The van der Waals surface area contributed by atoms with Gasteiger partial charge in [-0.1, -0.05) is 48.0 Å². The van der Waals surface area contributed by atoms with Crippen LogP contribution in [0.4, 0.5) is 0 Å². The van der Waals surface area contributed by atoms with E-state index in [0.717, 1.165) is 27.7 Å². The molecule has 0 unspecified atom stereocenters. The zero-order chi connectivity index (χ0) is 15.1. The summed E-state index contributed by atoms with van der Waals surface area (Å²) in [6, 6.07) is 12.8. The largest absolute Gasteiger partial charge is 0.399 e. The van der Waals surface area contributed by atoms with Crippen LogP contribution in [-0.2, 0) is 0 Å². The van der Waals surface area contributed by atoms with Gasteiger partial charge in [0.1, 0.15) is 0 Å². The Balaban J connectivity index is 2.37. The second-order valence-corrected chi connectivity index (χ2v) is 5.77. The Morgan fingerprint density at radius 3 is 2.29 bits per heavy atom. The number of aryl methyl sites for hydroxylation is 3. The van der Waals surface area contributed by atoms with E-state index in [2.05, 4.69) is 68.7 Å². The summed E-state index contributed by atoms with van der Waals surface area (Å²) >= 11 is 0. The number of hydrogen-bond donors (Lipinski definition) is 2. The topological polar surface area (TPSA) is 41.8 Å². The van der Waals surface area contributed by atoms with E-state index in [-0.39, 0.29) is 0 Å². The van der Waals surface area contributed by atoms with Gasteiger partial charge in [0, 0.05) is 22.2 Å². The molecular formula is C19H20N2. The van der Waals surface area contributed by atoms with Crippen LogP contribution in [0.5, 0.6) is 0 Å². The number of hydrogen-bond acceptors (Lipinski definition) is 1. The second-order valence-electron chi connectivity index (χ2n) is 5.77. The lowest BCUT2D eigenvalue weighted by Crippen LogP contribution is -1.95. The van der Waals surface area contributed by atoms with Gasteiger partial charge in [-0.25, -0.2) is 0 Å². The minimum atomic E-state index is 0.599. The molecule has 0 atom stereocenters. The number of fused-ring (bicyclic) bond motifs is 1. The molecule has 21 heavy (non-hydrogen) atoms. The van der Waals surface area contributed by atoms with Crippen LogP contribution in [0.2, 0.25) is 0 Å². The zero-order valence-corrected chi connectivity index (χ0v) is 12.7. The van der Waals surface area contributed by atoms with Crippen LogP contribution in [0.25, 0.3) is 27.9 Å². The van der Waals surface area contributed by atoms with Gasteiger partial charge >= 0.3 is 0 Å². The van der Waals surface area contributed by atoms with Gasteiger partial charge < -0.3 is 10.7 Å². The summed E-state index contributed by atoms with van der Waals surface area (Å²) in [7, 11) is 0. The predicted molar refractivity (Wildman–Crippen MR) is 91.2 cm³/mol. The minimum Gasteiger partial charge on any atom is -0.399 e. The molecule has 2 nitrogen and oxygen atoms in total. The van der Waals surface area contributed by atoms with E-state index in [1.165, 1.54) is 16.7 Å². The fraction of sp³-hybridized carbons (Fsp3) is 0.158. The molecule has 0 saturated heterocycles. The molecule has 3 N–H and O–H groups in total. The highest BCUT2D eigenvalue weighted by Crippen LogP contribution is 2.35. The van der Waals surface area contributed by atoms with Crippen molar-refractivity contribution in [1.29, 1.82) is 0 Å². The number of nitrogens with two attached hydrogens (primary N) is 1. The Labute approximate surface area is 125 Å². The fourth-order valence-electron chi connectivity index (χ4n) is 2.92. The number of nitrogens with one attached hydrogen (secondary N) is 1. The van der Waals surface area contributed by atoms with Gasteiger partial charge in [0.2, 0.25) is 0 Å². The van der Waals surface area contributed by atoms with Gasteiger partial charge in [0.05, 0.1) is 5.69 Å². The van der Waals surface area contributed by atoms with Crippen molar-refractivity contribution in [3.8, 4) is 11.3 Å². The second kappa shape index (κ2) is 4.81. The molecule has 0 saturated carbocycles. The lowest BCUT2D eigenvalue weighted by molar-refractivity contribution is 1.37. The summed E-state index contributed by atoms with van der Waals surface area (Å²) < 4.78 is 0. The van der Waals surface area contributed by atoms with E-state index in [1.54, 1.807) is 0 Å². The van der Waals surface area contributed by atoms with Crippen LogP contribution in [0, 0.1) is 20.8 Å². The number of benzene rings is 2. The maximum absolute atomic E-state index is 6.08. The molecule has 0 radical (unpaired) electrons. The summed E-state index contributed by atoms with van der Waals surface area (Å²) in [5.74, 6) is 0. The van der Waals surface area contributed by atoms with E-state index in [1.807, 2.05) is 0 Å². The van der Waals surface area contributed by atoms with Crippen LogP contribution in [0.3, 0.4) is 0 Å². The molecular weight excluding hydrogens is 256 g/mol. The first-order valence-electron chi connectivity index (χ1n) is 7.12. The lowest BCUT2D eigenvalue weighted by Gasteiger charge is -2.05. The Kier molecular flexibility index (Phi) is 3.09. The van der Waals surface area contributed by atoms with E-state index in [4.69, 9.17) is 5.73 Å². The van der Waals surface area contributed by atoms with Crippen molar-refractivity contribution in [2.75, 3.05) is 0 Å². The smallest absolute Gasteiger partial charge is 0.0559 e. The molecule has 3 rings (SSSR count). The molecule has 3 aromatic rings. The zero-order valence-electron chi connectivity index (χ0n) is 12.7. The first-order valence-corrected chi connectivity index (χ1v) is 7.12. The average molecular weight is 276 g/mol. The van der Waals surface area contributed by atoms with Crippen LogP contribution >= 0.6 is 0 Å². The quantitative estimate of drug-likeness (QED) is 0.700. The van der Waals surface area contributed by atoms with Crippen molar-refractivity contribution in [2.45, 2.75) is 20.8 Å². The first kappa shape index (κ1) is 13.5. The Bertz CT molecular complexity index is 836. The van der Waals surface area contributed by atoms with Crippen molar-refractivity contribution in [2.24, 2.45) is 5.73 Å². The van der Waals surface area contributed by atoms with Gasteiger partial charge in [-0.15, -0.1) is 0 Å². The molecule has 0 aliphatic carbocycles. The summed E-state index contributed by atoms with van der Waals surface area (Å²) in [5.41, 5.74) is 14.7. The number of aromatic nitrogens is 1. The summed E-state index contributed by atoms with van der Waals surface area (Å²) in [6.07, 6.45) is 0. The normalized spacial score (nSPS) is 11.0. The first-order chi connectivity index (χ1) is 9.97. The number of rotatable bonds is 2. The predicted octanol–water partition coefficient (Wildman–Crippen LogP) is 4.69. The van der Waals surface area contributed by atoms with Crippen molar-refractivity contribution in [3.63, 3.8) is 0 Å². The van der Waals surface area contributed by atoms with Crippen LogP contribution in [0.1, 0.15) is 22.3 Å². The van der Waals surface area contributed by atoms with E-state index >= 15 is 0 Å². The molecule has 2 heteroatoms. The van der Waals surface area contributed by atoms with Crippen molar-refractivity contribution < 1.29 is 0 Å². The maximum atomic E-state index is 6.08. The van der Waals surface area contributed by atoms with Gasteiger partial charge in [0.25, 0.3) is 0 Å². The third kappa shape index (κ3) is 2.23. The number of H-pyrrole nitrogens is 1. The van der Waals surface area contributed by atoms with Gasteiger partial charge in [0.15, 0.2) is 0 Å². The van der Waals surface area contributed by atoms with Crippen molar-refractivity contribution in [3.05, 3.63) is 65.2 Å². The Hall–Kier alpha value is -2.48. The van der Waals surface area contributed by atoms with Gasteiger partial charge in [-0.05, 0) is 38.0 Å². The van der Waals surface area contributed by atoms with Gasteiger partial charge in [-0.3, -0.25) is 0 Å². The standard InChI is InChI=1S/C19H20N2/c1-11-5-7-15(8-6-11)19-17(14(4)20)16-10-12(2)9-13(3)18(16)21-19/h5-10,21H,4,20H2,1-3H3. The van der Waals surface area contributed by atoms with Crippen LogP contribution in [0.15, 0.2) is 43.0 Å². The highest BCUT2D eigenvalue weighted by Gasteiger charge is 2.15. The van der Waals surface area contributed by atoms with Gasteiger partial charge in [-0.2, -0.15) is 0 Å². The molecule has 2 aromatic carbocycles. The molecule has 1 aromatic heterocycles. The monoisotopic (exact) mass is 276 g/mol. The minimum absolute atomic E-state index is 0.599. The van der Waals surface area contributed by atoms with Crippen LogP contribution in [-0.4, -0.2) is 4.98 Å². The van der Waals surface area contributed by atoms with Crippen LogP contribution < -0.4 is 5.73 Å². The van der Waals surface area contributed by atoms with E-state index < -0.39 is 0 Å². The average Bonchev–Trinajstić information content (AvgIpc) is 2.79.